The number of nitrogens with zero attached hydrogens (tertiary/aromatic N) is 2. The third-order valence-electron chi connectivity index (χ3n) is 3.60. The summed E-state index contributed by atoms with van der Waals surface area (Å²) >= 11 is 0. The predicted octanol–water partition coefficient (Wildman–Crippen LogP) is 2.02. The van der Waals surface area contributed by atoms with Crippen molar-refractivity contribution in [1.29, 1.82) is 0 Å². The molecule has 0 aliphatic rings. The van der Waals surface area contributed by atoms with Gasteiger partial charge in [0.15, 0.2) is 0 Å². The SMILES string of the molecule is Cc1cnn(-c2ccc(C(=O)NC(C)C(C)C(=O)O)cc2)c1. The van der Waals surface area contributed by atoms with Crippen LogP contribution >= 0.6 is 0 Å². The van der Waals surface area contributed by atoms with Crippen LogP contribution in [-0.2, 0) is 4.79 Å². The van der Waals surface area contributed by atoms with Gasteiger partial charge in [0, 0.05) is 17.8 Å². The van der Waals surface area contributed by atoms with Crippen LogP contribution in [0.25, 0.3) is 5.69 Å². The van der Waals surface area contributed by atoms with Gasteiger partial charge in [0.1, 0.15) is 0 Å². The van der Waals surface area contributed by atoms with Gasteiger partial charge in [0.25, 0.3) is 5.91 Å². The van der Waals surface area contributed by atoms with Crippen molar-refractivity contribution >= 4 is 11.9 Å². The Hall–Kier alpha value is -2.63. The molecule has 0 fully saturated rings. The Morgan fingerprint density at radius 3 is 2.36 bits per heavy atom. The lowest BCUT2D eigenvalue weighted by atomic mass is 10.0. The van der Waals surface area contributed by atoms with Crippen molar-refractivity contribution < 1.29 is 14.7 Å². The Kier molecular flexibility index (Phi) is 4.60. The Labute approximate surface area is 128 Å². The highest BCUT2D eigenvalue weighted by Gasteiger charge is 2.21. The number of carbonyl (C=O) groups excluding carboxylic acids is 1. The van der Waals surface area contributed by atoms with Crippen LogP contribution in [0.4, 0.5) is 0 Å². The average Bonchev–Trinajstić information content (AvgIpc) is 2.93. The molecule has 2 N–H and O–H groups in total. The van der Waals surface area contributed by atoms with Gasteiger partial charge < -0.3 is 10.4 Å². The summed E-state index contributed by atoms with van der Waals surface area (Å²) in [7, 11) is 0. The highest BCUT2D eigenvalue weighted by molar-refractivity contribution is 5.94. The number of hydrogen-bond donors (Lipinski definition) is 2. The lowest BCUT2D eigenvalue weighted by Gasteiger charge is -2.17. The van der Waals surface area contributed by atoms with Gasteiger partial charge in [-0.05, 0) is 50.6 Å². The number of hydrogen-bond acceptors (Lipinski definition) is 3. The van der Waals surface area contributed by atoms with Crippen LogP contribution < -0.4 is 5.32 Å². The number of carbonyl (C=O) groups is 2. The summed E-state index contributed by atoms with van der Waals surface area (Å²) in [6.45, 7) is 5.20. The van der Waals surface area contributed by atoms with Crippen molar-refractivity contribution in [2.45, 2.75) is 26.8 Å². The summed E-state index contributed by atoms with van der Waals surface area (Å²) in [6, 6.07) is 6.54. The van der Waals surface area contributed by atoms with Crippen LogP contribution in [0, 0.1) is 12.8 Å². The third kappa shape index (κ3) is 3.52. The number of aromatic nitrogens is 2. The van der Waals surface area contributed by atoms with Crippen molar-refractivity contribution in [3.8, 4) is 5.69 Å². The molecule has 2 rings (SSSR count). The van der Waals surface area contributed by atoms with Crippen LogP contribution in [0.2, 0.25) is 0 Å². The Bertz CT molecular complexity index is 676. The molecule has 2 unspecified atom stereocenters. The minimum Gasteiger partial charge on any atom is -0.481 e. The molecular weight excluding hydrogens is 282 g/mol. The van der Waals surface area contributed by atoms with Crippen LogP contribution in [0.3, 0.4) is 0 Å². The second kappa shape index (κ2) is 6.43. The van der Waals surface area contributed by atoms with E-state index in [9.17, 15) is 9.59 Å². The minimum atomic E-state index is -0.933. The zero-order valence-electron chi connectivity index (χ0n) is 12.8. The normalized spacial score (nSPS) is 13.4. The number of aryl methyl sites for hydroxylation is 1. The van der Waals surface area contributed by atoms with Gasteiger partial charge in [-0.1, -0.05) is 0 Å². The van der Waals surface area contributed by atoms with E-state index in [1.165, 1.54) is 0 Å². The first-order valence-electron chi connectivity index (χ1n) is 7.04. The van der Waals surface area contributed by atoms with Crippen molar-refractivity contribution in [2.75, 3.05) is 0 Å². The van der Waals surface area contributed by atoms with Gasteiger partial charge in [-0.3, -0.25) is 9.59 Å². The van der Waals surface area contributed by atoms with Crippen molar-refractivity contribution in [3.05, 3.63) is 47.8 Å². The van der Waals surface area contributed by atoms with E-state index in [1.807, 2.05) is 13.1 Å². The highest BCUT2D eigenvalue weighted by Crippen LogP contribution is 2.11. The van der Waals surface area contributed by atoms with E-state index < -0.39 is 17.9 Å². The van der Waals surface area contributed by atoms with Crippen molar-refractivity contribution in [1.82, 2.24) is 15.1 Å². The molecule has 0 radical (unpaired) electrons. The first-order chi connectivity index (χ1) is 10.4. The molecule has 0 aliphatic carbocycles. The predicted molar refractivity (Wildman–Crippen MR) is 82.0 cm³/mol. The standard InChI is InChI=1S/C16H19N3O3/c1-10-8-17-19(9-10)14-6-4-13(5-7-14)15(20)18-12(3)11(2)16(21)22/h4-9,11-12H,1-3H3,(H,18,20)(H,21,22). The molecule has 6 nitrogen and oxygen atoms in total. The topological polar surface area (TPSA) is 84.2 Å². The molecule has 116 valence electrons. The molecule has 0 spiro atoms. The molecule has 1 amide bonds. The van der Waals surface area contributed by atoms with E-state index in [1.54, 1.807) is 49.0 Å². The van der Waals surface area contributed by atoms with E-state index >= 15 is 0 Å². The maximum Gasteiger partial charge on any atom is 0.308 e. The van der Waals surface area contributed by atoms with Gasteiger partial charge in [-0.25, -0.2) is 4.68 Å². The largest absolute Gasteiger partial charge is 0.481 e. The quantitative estimate of drug-likeness (QED) is 0.885. The summed E-state index contributed by atoms with van der Waals surface area (Å²) in [5.74, 6) is -1.86. The maximum atomic E-state index is 12.1. The molecule has 0 saturated carbocycles. The van der Waals surface area contributed by atoms with E-state index in [0.29, 0.717) is 5.56 Å². The smallest absolute Gasteiger partial charge is 0.308 e. The molecule has 22 heavy (non-hydrogen) atoms. The number of nitrogens with one attached hydrogen (secondary N) is 1. The van der Waals surface area contributed by atoms with E-state index in [-0.39, 0.29) is 5.91 Å². The average molecular weight is 301 g/mol. The summed E-state index contributed by atoms with van der Waals surface area (Å²) < 4.78 is 1.73. The monoisotopic (exact) mass is 301 g/mol. The number of carboxylic acid groups (broad SMARTS) is 1. The van der Waals surface area contributed by atoms with Gasteiger partial charge in [0.2, 0.25) is 0 Å². The van der Waals surface area contributed by atoms with Crippen molar-refractivity contribution in [2.24, 2.45) is 5.92 Å². The lowest BCUT2D eigenvalue weighted by molar-refractivity contribution is -0.141. The molecule has 1 aromatic carbocycles. The molecule has 2 aromatic rings. The number of carboxylic acids is 1. The van der Waals surface area contributed by atoms with Gasteiger partial charge in [-0.2, -0.15) is 5.10 Å². The van der Waals surface area contributed by atoms with Crippen LogP contribution in [0.5, 0.6) is 0 Å². The first kappa shape index (κ1) is 15.8. The van der Waals surface area contributed by atoms with E-state index in [0.717, 1.165) is 11.3 Å². The summed E-state index contributed by atoms with van der Waals surface area (Å²) in [4.78, 5) is 23.0. The summed E-state index contributed by atoms with van der Waals surface area (Å²) in [5.41, 5.74) is 2.40. The highest BCUT2D eigenvalue weighted by atomic mass is 16.4. The number of benzene rings is 1. The number of aliphatic carboxylic acids is 1. The maximum absolute atomic E-state index is 12.1. The Morgan fingerprint density at radius 2 is 1.86 bits per heavy atom. The minimum absolute atomic E-state index is 0.288. The van der Waals surface area contributed by atoms with Crippen LogP contribution in [0.15, 0.2) is 36.7 Å². The van der Waals surface area contributed by atoms with Crippen molar-refractivity contribution in [3.63, 3.8) is 0 Å². The Morgan fingerprint density at radius 1 is 1.23 bits per heavy atom. The molecule has 2 atom stereocenters. The van der Waals surface area contributed by atoms with Crippen LogP contribution in [-0.4, -0.2) is 32.8 Å². The number of rotatable bonds is 5. The second-order valence-corrected chi connectivity index (χ2v) is 5.40. The molecule has 6 heteroatoms. The molecule has 0 bridgehead atoms. The third-order valence-corrected chi connectivity index (χ3v) is 3.60. The fraction of sp³-hybridized carbons (Fsp3) is 0.312. The summed E-state index contributed by atoms with van der Waals surface area (Å²) in [5, 5.41) is 15.8. The second-order valence-electron chi connectivity index (χ2n) is 5.40. The summed E-state index contributed by atoms with van der Waals surface area (Å²) in [6.07, 6.45) is 3.65. The lowest BCUT2D eigenvalue weighted by Crippen LogP contribution is -2.40. The van der Waals surface area contributed by atoms with E-state index in [2.05, 4.69) is 10.4 Å². The zero-order chi connectivity index (χ0) is 16.3. The molecule has 1 aromatic heterocycles. The fourth-order valence-electron chi connectivity index (χ4n) is 1.95. The fourth-order valence-corrected chi connectivity index (χ4v) is 1.95. The molecule has 0 saturated heterocycles. The Balaban J connectivity index is 2.07. The van der Waals surface area contributed by atoms with Gasteiger partial charge >= 0.3 is 5.97 Å². The van der Waals surface area contributed by atoms with Crippen LogP contribution in [0.1, 0.15) is 29.8 Å². The molecular formula is C16H19N3O3. The van der Waals surface area contributed by atoms with E-state index in [4.69, 9.17) is 5.11 Å². The zero-order valence-corrected chi connectivity index (χ0v) is 12.8. The molecule has 0 aliphatic heterocycles. The molecule has 1 heterocycles. The van der Waals surface area contributed by atoms with Gasteiger partial charge in [0.05, 0.1) is 17.8 Å². The first-order valence-corrected chi connectivity index (χ1v) is 7.04. The number of amides is 1. The van der Waals surface area contributed by atoms with Gasteiger partial charge in [-0.15, -0.1) is 0 Å².